The molecule has 3 heterocycles. The van der Waals surface area contributed by atoms with Crippen LogP contribution in [-0.2, 0) is 9.59 Å². The van der Waals surface area contributed by atoms with Gasteiger partial charge in [0.15, 0.2) is 0 Å². The van der Waals surface area contributed by atoms with Gasteiger partial charge >= 0.3 is 0 Å². The third kappa shape index (κ3) is 3.52. The zero-order valence-corrected chi connectivity index (χ0v) is 15.2. The molecule has 1 aromatic rings. The summed E-state index contributed by atoms with van der Waals surface area (Å²) in [5.74, 6) is 1.16. The van der Waals surface area contributed by atoms with Crippen molar-refractivity contribution in [1.29, 1.82) is 0 Å². The van der Waals surface area contributed by atoms with Crippen molar-refractivity contribution in [3.05, 3.63) is 18.5 Å². The van der Waals surface area contributed by atoms with Gasteiger partial charge in [-0.3, -0.25) is 9.59 Å². The summed E-state index contributed by atoms with van der Waals surface area (Å²) in [5, 5.41) is 0. The predicted octanol–water partition coefficient (Wildman–Crippen LogP) is 1.31. The topological polar surface area (TPSA) is 69.6 Å². The molecule has 1 aromatic heterocycles. The fourth-order valence-corrected chi connectivity index (χ4v) is 4.48. The van der Waals surface area contributed by atoms with E-state index in [4.69, 9.17) is 0 Å². The van der Waals surface area contributed by atoms with E-state index < -0.39 is 0 Å². The average Bonchev–Trinajstić information content (AvgIpc) is 3.23. The van der Waals surface area contributed by atoms with Crippen LogP contribution in [0.5, 0.6) is 0 Å². The summed E-state index contributed by atoms with van der Waals surface area (Å²) in [6.07, 6.45) is 9.32. The number of piperidine rings is 1. The SMILES string of the molecule is O=C([C@H]1CCC(=O)N(C2CCCC2)C1)N1CCN(c2ncccn2)CC1. The molecule has 1 saturated carbocycles. The standard InChI is InChI=1S/C19H27N5O2/c25-17-7-6-15(14-24(17)16-4-1-2-5-16)18(26)22-10-12-23(13-11-22)19-20-8-3-9-21-19/h3,8-9,15-16H,1-2,4-7,10-14H2/t15-/m0/s1. The predicted molar refractivity (Wildman–Crippen MR) is 97.5 cm³/mol. The second-order valence-electron chi connectivity index (χ2n) is 7.58. The van der Waals surface area contributed by atoms with E-state index in [0.717, 1.165) is 31.9 Å². The highest BCUT2D eigenvalue weighted by Gasteiger charge is 2.37. The van der Waals surface area contributed by atoms with Gasteiger partial charge in [0, 0.05) is 57.6 Å². The van der Waals surface area contributed by atoms with E-state index in [9.17, 15) is 9.59 Å². The van der Waals surface area contributed by atoms with E-state index in [1.54, 1.807) is 12.4 Å². The van der Waals surface area contributed by atoms with Crippen LogP contribution in [0.2, 0.25) is 0 Å². The Kier molecular flexibility index (Phi) is 5.04. The van der Waals surface area contributed by atoms with Crippen molar-refractivity contribution < 1.29 is 9.59 Å². The van der Waals surface area contributed by atoms with Crippen LogP contribution in [0.1, 0.15) is 38.5 Å². The van der Waals surface area contributed by atoms with E-state index in [1.165, 1.54) is 12.8 Å². The van der Waals surface area contributed by atoms with Crippen LogP contribution in [0.25, 0.3) is 0 Å². The maximum Gasteiger partial charge on any atom is 0.227 e. The molecule has 2 aliphatic heterocycles. The van der Waals surface area contributed by atoms with Crippen molar-refractivity contribution in [3.8, 4) is 0 Å². The zero-order chi connectivity index (χ0) is 17.9. The molecule has 4 rings (SSSR count). The molecule has 7 nitrogen and oxygen atoms in total. The minimum Gasteiger partial charge on any atom is -0.339 e. The molecule has 7 heteroatoms. The number of amides is 2. The lowest BCUT2D eigenvalue weighted by molar-refractivity contribution is -0.145. The van der Waals surface area contributed by atoms with Crippen LogP contribution < -0.4 is 4.90 Å². The summed E-state index contributed by atoms with van der Waals surface area (Å²) in [4.78, 5) is 40.0. The molecule has 2 amide bonds. The summed E-state index contributed by atoms with van der Waals surface area (Å²) in [6, 6.07) is 2.18. The van der Waals surface area contributed by atoms with Crippen molar-refractivity contribution in [2.45, 2.75) is 44.6 Å². The van der Waals surface area contributed by atoms with Gasteiger partial charge in [0.2, 0.25) is 17.8 Å². The quantitative estimate of drug-likeness (QED) is 0.816. The van der Waals surface area contributed by atoms with E-state index in [1.807, 2.05) is 15.9 Å². The van der Waals surface area contributed by atoms with Crippen LogP contribution >= 0.6 is 0 Å². The number of hydrogen-bond acceptors (Lipinski definition) is 5. The summed E-state index contributed by atoms with van der Waals surface area (Å²) in [6.45, 7) is 3.53. The molecule has 140 valence electrons. The van der Waals surface area contributed by atoms with Gasteiger partial charge in [0.25, 0.3) is 0 Å². The molecule has 26 heavy (non-hydrogen) atoms. The molecular weight excluding hydrogens is 330 g/mol. The van der Waals surface area contributed by atoms with E-state index in [2.05, 4.69) is 14.9 Å². The molecule has 3 aliphatic rings. The van der Waals surface area contributed by atoms with Crippen LogP contribution in [-0.4, -0.2) is 70.3 Å². The van der Waals surface area contributed by atoms with Crippen LogP contribution in [0.4, 0.5) is 5.95 Å². The van der Waals surface area contributed by atoms with Gasteiger partial charge < -0.3 is 14.7 Å². The maximum absolute atomic E-state index is 13.0. The number of piperazine rings is 1. The summed E-state index contributed by atoms with van der Waals surface area (Å²) in [5.41, 5.74) is 0. The molecule has 0 spiro atoms. The minimum absolute atomic E-state index is 0.0344. The Balaban J connectivity index is 1.34. The molecule has 0 N–H and O–H groups in total. The largest absolute Gasteiger partial charge is 0.339 e. The van der Waals surface area contributed by atoms with Crippen molar-refractivity contribution in [2.24, 2.45) is 5.92 Å². The van der Waals surface area contributed by atoms with Gasteiger partial charge in [-0.1, -0.05) is 12.8 Å². The number of hydrogen-bond donors (Lipinski definition) is 0. The lowest BCUT2D eigenvalue weighted by Crippen LogP contribution is -2.54. The van der Waals surface area contributed by atoms with Crippen LogP contribution in [0, 0.1) is 5.92 Å². The highest BCUT2D eigenvalue weighted by molar-refractivity contribution is 5.84. The highest BCUT2D eigenvalue weighted by Crippen LogP contribution is 2.29. The number of anilines is 1. The second-order valence-corrected chi connectivity index (χ2v) is 7.58. The first-order valence-electron chi connectivity index (χ1n) is 9.82. The Hall–Kier alpha value is -2.18. The number of aromatic nitrogens is 2. The molecule has 1 atom stereocenters. The summed E-state index contributed by atoms with van der Waals surface area (Å²) < 4.78 is 0. The van der Waals surface area contributed by atoms with Gasteiger partial charge in [-0.2, -0.15) is 0 Å². The molecular formula is C19H27N5O2. The third-order valence-electron chi connectivity index (χ3n) is 5.99. The first-order chi connectivity index (χ1) is 12.7. The number of carbonyl (C=O) groups is 2. The number of nitrogens with zero attached hydrogens (tertiary/aromatic N) is 5. The Morgan fingerprint density at radius 1 is 1.00 bits per heavy atom. The van der Waals surface area contributed by atoms with Gasteiger partial charge in [-0.05, 0) is 25.3 Å². The van der Waals surface area contributed by atoms with Gasteiger partial charge in [-0.25, -0.2) is 9.97 Å². The van der Waals surface area contributed by atoms with Gasteiger partial charge in [-0.15, -0.1) is 0 Å². The fraction of sp³-hybridized carbons (Fsp3) is 0.684. The Morgan fingerprint density at radius 3 is 2.38 bits per heavy atom. The normalized spacial score (nSPS) is 25.0. The van der Waals surface area contributed by atoms with E-state index in [-0.39, 0.29) is 17.7 Å². The molecule has 0 unspecified atom stereocenters. The molecule has 0 aromatic carbocycles. The van der Waals surface area contributed by atoms with Gasteiger partial charge in [0.1, 0.15) is 0 Å². The monoisotopic (exact) mass is 357 g/mol. The van der Waals surface area contributed by atoms with Crippen molar-refractivity contribution in [2.75, 3.05) is 37.6 Å². The zero-order valence-electron chi connectivity index (χ0n) is 15.2. The average molecular weight is 357 g/mol. The Morgan fingerprint density at radius 2 is 1.69 bits per heavy atom. The van der Waals surface area contributed by atoms with Crippen molar-refractivity contribution in [3.63, 3.8) is 0 Å². The number of rotatable bonds is 3. The second kappa shape index (κ2) is 7.60. The first kappa shape index (κ1) is 17.2. The Labute approximate surface area is 154 Å². The third-order valence-corrected chi connectivity index (χ3v) is 5.99. The Bertz CT molecular complexity index is 639. The number of likely N-dealkylation sites (tertiary alicyclic amines) is 1. The lowest BCUT2D eigenvalue weighted by Gasteiger charge is -2.40. The molecule has 0 radical (unpaired) electrons. The fourth-order valence-electron chi connectivity index (χ4n) is 4.48. The molecule has 1 aliphatic carbocycles. The minimum atomic E-state index is -0.0344. The van der Waals surface area contributed by atoms with Crippen molar-refractivity contribution >= 4 is 17.8 Å². The van der Waals surface area contributed by atoms with E-state index >= 15 is 0 Å². The molecule has 0 bridgehead atoms. The first-order valence-corrected chi connectivity index (χ1v) is 9.82. The van der Waals surface area contributed by atoms with Crippen LogP contribution in [0.3, 0.4) is 0 Å². The van der Waals surface area contributed by atoms with Gasteiger partial charge in [0.05, 0.1) is 5.92 Å². The lowest BCUT2D eigenvalue weighted by atomic mass is 9.94. The summed E-state index contributed by atoms with van der Waals surface area (Å²) in [7, 11) is 0. The highest BCUT2D eigenvalue weighted by atomic mass is 16.2. The molecule has 2 saturated heterocycles. The van der Waals surface area contributed by atoms with Crippen LogP contribution in [0.15, 0.2) is 18.5 Å². The molecule has 3 fully saturated rings. The smallest absolute Gasteiger partial charge is 0.227 e. The number of carbonyl (C=O) groups excluding carboxylic acids is 2. The van der Waals surface area contributed by atoms with Crippen molar-refractivity contribution in [1.82, 2.24) is 19.8 Å². The summed E-state index contributed by atoms with van der Waals surface area (Å²) >= 11 is 0. The van der Waals surface area contributed by atoms with E-state index in [0.29, 0.717) is 38.5 Å². The maximum atomic E-state index is 13.0.